The molecular formula is C12H17NO2S. The Bertz CT molecular complexity index is 335. The van der Waals surface area contributed by atoms with E-state index in [1.807, 2.05) is 22.4 Å². The molecule has 0 spiro atoms. The van der Waals surface area contributed by atoms with E-state index in [9.17, 15) is 4.79 Å². The van der Waals surface area contributed by atoms with E-state index in [0.29, 0.717) is 5.92 Å². The summed E-state index contributed by atoms with van der Waals surface area (Å²) >= 11 is 1.52. The van der Waals surface area contributed by atoms with Crippen molar-refractivity contribution in [1.29, 1.82) is 0 Å². The van der Waals surface area contributed by atoms with E-state index in [-0.39, 0.29) is 5.91 Å². The highest BCUT2D eigenvalue weighted by Crippen LogP contribution is 2.20. The molecule has 1 aromatic rings. The van der Waals surface area contributed by atoms with Crippen LogP contribution in [0, 0.1) is 5.92 Å². The maximum atomic E-state index is 12.1. The number of nitrogens with zero attached hydrogens (tertiary/aromatic N) is 1. The van der Waals surface area contributed by atoms with Crippen LogP contribution in [-0.2, 0) is 4.74 Å². The second kappa shape index (κ2) is 5.46. The van der Waals surface area contributed by atoms with Gasteiger partial charge in [-0.05, 0) is 30.2 Å². The molecular weight excluding hydrogens is 222 g/mol. The van der Waals surface area contributed by atoms with E-state index in [4.69, 9.17) is 4.74 Å². The van der Waals surface area contributed by atoms with Crippen LogP contribution < -0.4 is 0 Å². The van der Waals surface area contributed by atoms with Crippen molar-refractivity contribution in [2.24, 2.45) is 5.92 Å². The SMILES string of the molecule is COCC1CCCN(C(=O)c2cccs2)C1. The molecule has 0 radical (unpaired) electrons. The minimum absolute atomic E-state index is 0.177. The van der Waals surface area contributed by atoms with Crippen LogP contribution in [0.4, 0.5) is 0 Å². The van der Waals surface area contributed by atoms with Crippen molar-refractivity contribution in [1.82, 2.24) is 4.90 Å². The van der Waals surface area contributed by atoms with Gasteiger partial charge in [-0.25, -0.2) is 0 Å². The van der Waals surface area contributed by atoms with Gasteiger partial charge in [0, 0.05) is 20.2 Å². The first kappa shape index (κ1) is 11.6. The van der Waals surface area contributed by atoms with Crippen molar-refractivity contribution >= 4 is 17.2 Å². The summed E-state index contributed by atoms with van der Waals surface area (Å²) in [6.45, 7) is 2.48. The second-order valence-electron chi connectivity index (χ2n) is 4.19. The predicted molar refractivity (Wildman–Crippen MR) is 64.8 cm³/mol. The first-order valence-corrected chi connectivity index (χ1v) is 6.51. The average Bonchev–Trinajstić information content (AvgIpc) is 2.82. The lowest BCUT2D eigenvalue weighted by atomic mass is 9.99. The Morgan fingerprint density at radius 3 is 3.25 bits per heavy atom. The van der Waals surface area contributed by atoms with Gasteiger partial charge >= 0.3 is 0 Å². The summed E-state index contributed by atoms with van der Waals surface area (Å²) in [7, 11) is 1.72. The Labute approximate surface area is 100 Å². The summed E-state index contributed by atoms with van der Waals surface area (Å²) in [5, 5.41) is 1.95. The second-order valence-corrected chi connectivity index (χ2v) is 5.14. The minimum Gasteiger partial charge on any atom is -0.384 e. The number of amides is 1. The summed E-state index contributed by atoms with van der Waals surface area (Å²) in [5.74, 6) is 0.679. The zero-order valence-corrected chi connectivity index (χ0v) is 10.3. The molecule has 88 valence electrons. The fraction of sp³-hybridized carbons (Fsp3) is 0.583. The van der Waals surface area contributed by atoms with Crippen LogP contribution in [0.2, 0.25) is 0 Å². The topological polar surface area (TPSA) is 29.5 Å². The maximum absolute atomic E-state index is 12.1. The Morgan fingerprint density at radius 2 is 2.56 bits per heavy atom. The fourth-order valence-electron chi connectivity index (χ4n) is 2.18. The Morgan fingerprint density at radius 1 is 1.69 bits per heavy atom. The van der Waals surface area contributed by atoms with Crippen molar-refractivity contribution in [3.05, 3.63) is 22.4 Å². The molecule has 1 amide bonds. The predicted octanol–water partition coefficient (Wildman–Crippen LogP) is 2.25. The summed E-state index contributed by atoms with van der Waals surface area (Å²) in [5.41, 5.74) is 0. The number of hydrogen-bond donors (Lipinski definition) is 0. The number of carbonyl (C=O) groups excluding carboxylic acids is 1. The normalized spacial score (nSPS) is 21.1. The smallest absolute Gasteiger partial charge is 0.263 e. The van der Waals surface area contributed by atoms with Gasteiger partial charge in [-0.1, -0.05) is 6.07 Å². The van der Waals surface area contributed by atoms with Gasteiger partial charge in [0.25, 0.3) is 5.91 Å². The molecule has 0 bridgehead atoms. The lowest BCUT2D eigenvalue weighted by Crippen LogP contribution is -2.40. The third kappa shape index (κ3) is 2.62. The van der Waals surface area contributed by atoms with Crippen molar-refractivity contribution in [2.75, 3.05) is 26.8 Å². The zero-order valence-electron chi connectivity index (χ0n) is 9.52. The van der Waals surface area contributed by atoms with Gasteiger partial charge in [0.2, 0.25) is 0 Å². The summed E-state index contributed by atoms with van der Waals surface area (Å²) in [6, 6.07) is 3.82. The average molecular weight is 239 g/mol. The molecule has 0 aromatic carbocycles. The number of methoxy groups -OCH3 is 1. The Balaban J connectivity index is 1.96. The number of carbonyl (C=O) groups is 1. The highest BCUT2D eigenvalue weighted by Gasteiger charge is 2.24. The molecule has 1 fully saturated rings. The van der Waals surface area contributed by atoms with Crippen LogP contribution in [0.1, 0.15) is 22.5 Å². The van der Waals surface area contributed by atoms with Crippen LogP contribution in [0.25, 0.3) is 0 Å². The molecule has 1 aliphatic heterocycles. The highest BCUT2D eigenvalue weighted by atomic mass is 32.1. The quantitative estimate of drug-likeness (QED) is 0.809. The van der Waals surface area contributed by atoms with E-state index >= 15 is 0 Å². The van der Waals surface area contributed by atoms with Crippen LogP contribution in [0.15, 0.2) is 17.5 Å². The van der Waals surface area contributed by atoms with E-state index in [1.165, 1.54) is 17.8 Å². The molecule has 1 atom stereocenters. The summed E-state index contributed by atoms with van der Waals surface area (Å²) < 4.78 is 5.16. The molecule has 16 heavy (non-hydrogen) atoms. The van der Waals surface area contributed by atoms with Gasteiger partial charge in [0.1, 0.15) is 0 Å². The van der Waals surface area contributed by atoms with Crippen molar-refractivity contribution in [3.63, 3.8) is 0 Å². The summed E-state index contributed by atoms with van der Waals surface area (Å²) in [6.07, 6.45) is 2.26. The van der Waals surface area contributed by atoms with Crippen molar-refractivity contribution < 1.29 is 9.53 Å². The standard InChI is InChI=1S/C12H17NO2S/c1-15-9-10-4-2-6-13(8-10)12(14)11-5-3-7-16-11/h3,5,7,10H,2,4,6,8-9H2,1H3. The Hall–Kier alpha value is -0.870. The number of likely N-dealkylation sites (tertiary alicyclic amines) is 1. The van der Waals surface area contributed by atoms with Gasteiger partial charge in [0.15, 0.2) is 0 Å². The molecule has 2 rings (SSSR count). The third-order valence-electron chi connectivity index (χ3n) is 2.94. The van der Waals surface area contributed by atoms with Gasteiger partial charge < -0.3 is 9.64 Å². The molecule has 2 heterocycles. The Kier molecular flexibility index (Phi) is 3.96. The number of thiophene rings is 1. The van der Waals surface area contributed by atoms with Crippen molar-refractivity contribution in [2.45, 2.75) is 12.8 Å². The molecule has 0 saturated carbocycles. The molecule has 4 heteroatoms. The third-order valence-corrected chi connectivity index (χ3v) is 3.80. The molecule has 3 nitrogen and oxygen atoms in total. The summed E-state index contributed by atoms with van der Waals surface area (Å²) in [4.78, 5) is 14.9. The van der Waals surface area contributed by atoms with Crippen LogP contribution in [0.5, 0.6) is 0 Å². The van der Waals surface area contributed by atoms with Crippen LogP contribution in [0.3, 0.4) is 0 Å². The molecule has 1 aliphatic rings. The van der Waals surface area contributed by atoms with E-state index < -0.39 is 0 Å². The van der Waals surface area contributed by atoms with Gasteiger partial charge in [-0.2, -0.15) is 0 Å². The molecule has 1 aromatic heterocycles. The van der Waals surface area contributed by atoms with Crippen LogP contribution >= 0.6 is 11.3 Å². The molecule has 1 saturated heterocycles. The van der Waals surface area contributed by atoms with Gasteiger partial charge in [0.05, 0.1) is 11.5 Å². The first-order chi connectivity index (χ1) is 7.81. The van der Waals surface area contributed by atoms with Gasteiger partial charge in [-0.3, -0.25) is 4.79 Å². The first-order valence-electron chi connectivity index (χ1n) is 5.63. The van der Waals surface area contributed by atoms with Crippen LogP contribution in [-0.4, -0.2) is 37.6 Å². The fourth-order valence-corrected chi connectivity index (χ4v) is 2.87. The lowest BCUT2D eigenvalue weighted by Gasteiger charge is -2.32. The van der Waals surface area contributed by atoms with Crippen molar-refractivity contribution in [3.8, 4) is 0 Å². The minimum atomic E-state index is 0.177. The highest BCUT2D eigenvalue weighted by molar-refractivity contribution is 7.12. The van der Waals surface area contributed by atoms with Gasteiger partial charge in [-0.15, -0.1) is 11.3 Å². The molecule has 1 unspecified atom stereocenters. The van der Waals surface area contributed by atoms with E-state index in [2.05, 4.69) is 0 Å². The molecule has 0 aliphatic carbocycles. The number of rotatable bonds is 3. The largest absolute Gasteiger partial charge is 0.384 e. The number of hydrogen-bond acceptors (Lipinski definition) is 3. The lowest BCUT2D eigenvalue weighted by molar-refractivity contribution is 0.0575. The molecule has 0 N–H and O–H groups in total. The van der Waals surface area contributed by atoms with E-state index in [1.54, 1.807) is 7.11 Å². The van der Waals surface area contributed by atoms with E-state index in [0.717, 1.165) is 31.0 Å². The maximum Gasteiger partial charge on any atom is 0.263 e. The monoisotopic (exact) mass is 239 g/mol. The number of piperidine rings is 1. The zero-order chi connectivity index (χ0) is 11.4. The number of ether oxygens (including phenoxy) is 1.